The van der Waals surface area contributed by atoms with E-state index in [9.17, 15) is 14.0 Å². The van der Waals surface area contributed by atoms with Gasteiger partial charge in [0.05, 0.1) is 12.5 Å². The minimum Gasteiger partial charge on any atom is -0.376 e. The van der Waals surface area contributed by atoms with Crippen molar-refractivity contribution >= 4 is 12.1 Å². The fourth-order valence-corrected chi connectivity index (χ4v) is 1.44. The number of carbonyl (C=O) groups is 2. The zero-order chi connectivity index (χ0) is 10.1. The number of esters is 1. The van der Waals surface area contributed by atoms with Crippen LogP contribution in [0.5, 0.6) is 0 Å². The van der Waals surface area contributed by atoms with Crippen molar-refractivity contribution in [1.82, 2.24) is 4.90 Å². The van der Waals surface area contributed by atoms with Crippen LogP contribution in [-0.4, -0.2) is 36.2 Å². The summed E-state index contributed by atoms with van der Waals surface area (Å²) in [6.07, 6.45) is 0.281. The molecule has 2 rings (SSSR count). The Kier molecular flexibility index (Phi) is 2.39. The van der Waals surface area contributed by atoms with Gasteiger partial charge in [-0.1, -0.05) is 0 Å². The summed E-state index contributed by atoms with van der Waals surface area (Å²) in [6.45, 7) is 0.398. The molecule has 1 amide bonds. The molecule has 0 bridgehead atoms. The maximum atomic E-state index is 12.7. The van der Waals surface area contributed by atoms with Gasteiger partial charge in [-0.2, -0.15) is 0 Å². The van der Waals surface area contributed by atoms with Gasteiger partial charge in [-0.3, -0.25) is 4.79 Å². The van der Waals surface area contributed by atoms with Gasteiger partial charge in [0.15, 0.2) is 0 Å². The fourth-order valence-electron chi connectivity index (χ4n) is 1.44. The van der Waals surface area contributed by atoms with E-state index in [0.29, 0.717) is 13.0 Å². The molecule has 2 aliphatic rings. The van der Waals surface area contributed by atoms with Crippen LogP contribution in [0.15, 0.2) is 0 Å². The number of alkyl halides is 1. The summed E-state index contributed by atoms with van der Waals surface area (Å²) in [7, 11) is 0. The molecule has 0 aromatic rings. The molecular formula is C9H12FNO3. The summed E-state index contributed by atoms with van der Waals surface area (Å²) in [5.41, 5.74) is 0. The van der Waals surface area contributed by atoms with E-state index in [-0.39, 0.29) is 12.5 Å². The number of carbonyl (C=O) groups excluding carboxylic acids is 2. The monoisotopic (exact) mass is 201 g/mol. The van der Waals surface area contributed by atoms with Gasteiger partial charge in [0.25, 0.3) is 0 Å². The van der Waals surface area contributed by atoms with Crippen molar-refractivity contribution in [2.24, 2.45) is 5.92 Å². The quantitative estimate of drug-likeness (QED) is 0.471. The Morgan fingerprint density at radius 1 is 1.29 bits per heavy atom. The molecule has 14 heavy (non-hydrogen) atoms. The first kappa shape index (κ1) is 9.43. The van der Waals surface area contributed by atoms with E-state index >= 15 is 0 Å². The highest BCUT2D eigenvalue weighted by atomic mass is 19.1. The van der Waals surface area contributed by atoms with Crippen LogP contribution in [0.4, 0.5) is 9.18 Å². The molecule has 1 heterocycles. The van der Waals surface area contributed by atoms with Gasteiger partial charge in [0.2, 0.25) is 0 Å². The predicted molar refractivity (Wildman–Crippen MR) is 45.3 cm³/mol. The van der Waals surface area contributed by atoms with Crippen molar-refractivity contribution in [3.05, 3.63) is 0 Å². The Balaban J connectivity index is 1.80. The van der Waals surface area contributed by atoms with Crippen LogP contribution >= 0.6 is 0 Å². The molecule has 0 spiro atoms. The number of hydrogen-bond acceptors (Lipinski definition) is 3. The maximum Gasteiger partial charge on any atom is 0.417 e. The minimum atomic E-state index is -0.974. The van der Waals surface area contributed by atoms with Gasteiger partial charge >= 0.3 is 12.1 Å². The minimum absolute atomic E-state index is 0.0524. The third kappa shape index (κ3) is 2.02. The van der Waals surface area contributed by atoms with E-state index in [4.69, 9.17) is 0 Å². The molecule has 1 saturated heterocycles. The van der Waals surface area contributed by atoms with Crippen molar-refractivity contribution in [3.8, 4) is 0 Å². The zero-order valence-corrected chi connectivity index (χ0v) is 7.74. The first-order valence-electron chi connectivity index (χ1n) is 4.81. The molecule has 0 radical (unpaired) electrons. The highest BCUT2D eigenvalue weighted by Crippen LogP contribution is 2.30. The van der Waals surface area contributed by atoms with Crippen LogP contribution in [-0.2, 0) is 9.53 Å². The van der Waals surface area contributed by atoms with Crippen LogP contribution in [0.1, 0.15) is 19.3 Å². The average molecular weight is 201 g/mol. The Labute approximate surface area is 81.0 Å². The molecule has 2 fully saturated rings. The van der Waals surface area contributed by atoms with Gasteiger partial charge < -0.3 is 9.64 Å². The van der Waals surface area contributed by atoms with E-state index in [1.165, 1.54) is 4.90 Å². The molecule has 1 aliphatic carbocycles. The Hall–Kier alpha value is -1.13. The van der Waals surface area contributed by atoms with Gasteiger partial charge in [0, 0.05) is 6.54 Å². The summed E-state index contributed by atoms with van der Waals surface area (Å²) >= 11 is 0. The largest absolute Gasteiger partial charge is 0.417 e. The van der Waals surface area contributed by atoms with Crippen molar-refractivity contribution in [1.29, 1.82) is 0 Å². The molecule has 78 valence electrons. The molecular weight excluding hydrogens is 189 g/mol. The van der Waals surface area contributed by atoms with Crippen LogP contribution in [0, 0.1) is 5.92 Å². The number of amides is 1. The lowest BCUT2D eigenvalue weighted by Gasteiger charge is -2.13. The lowest BCUT2D eigenvalue weighted by molar-refractivity contribution is -0.139. The second-order valence-electron chi connectivity index (χ2n) is 3.79. The van der Waals surface area contributed by atoms with E-state index in [0.717, 1.165) is 12.8 Å². The zero-order valence-electron chi connectivity index (χ0n) is 7.74. The van der Waals surface area contributed by atoms with Crippen LogP contribution in [0.2, 0.25) is 0 Å². The lowest BCUT2D eigenvalue weighted by Crippen LogP contribution is -2.31. The van der Waals surface area contributed by atoms with Gasteiger partial charge in [-0.25, -0.2) is 9.18 Å². The second-order valence-corrected chi connectivity index (χ2v) is 3.79. The van der Waals surface area contributed by atoms with Crippen molar-refractivity contribution in [2.75, 3.05) is 13.1 Å². The van der Waals surface area contributed by atoms with E-state index in [1.807, 2.05) is 0 Å². The standard InChI is InChI=1S/C9H12FNO3/c10-7-3-4-11(5-7)9(13)14-8(12)6-1-2-6/h6-7H,1-5H2. The van der Waals surface area contributed by atoms with Gasteiger partial charge in [-0.05, 0) is 19.3 Å². The van der Waals surface area contributed by atoms with Crippen molar-refractivity contribution in [2.45, 2.75) is 25.4 Å². The fraction of sp³-hybridized carbons (Fsp3) is 0.778. The molecule has 0 aromatic carbocycles. The molecule has 1 atom stereocenters. The molecule has 1 unspecified atom stereocenters. The van der Waals surface area contributed by atoms with E-state index in [2.05, 4.69) is 4.74 Å². The molecule has 0 N–H and O–H groups in total. The molecule has 1 aliphatic heterocycles. The predicted octanol–water partition coefficient (Wildman–Crippen LogP) is 1.10. The van der Waals surface area contributed by atoms with E-state index in [1.54, 1.807) is 0 Å². The highest BCUT2D eigenvalue weighted by Gasteiger charge is 2.35. The summed E-state index contributed by atoms with van der Waals surface area (Å²) in [5, 5.41) is 0. The topological polar surface area (TPSA) is 46.6 Å². The normalized spacial score (nSPS) is 26.4. The van der Waals surface area contributed by atoms with Crippen LogP contribution < -0.4 is 0 Å². The number of nitrogens with zero attached hydrogens (tertiary/aromatic N) is 1. The lowest BCUT2D eigenvalue weighted by atomic mass is 10.3. The summed E-state index contributed by atoms with van der Waals surface area (Å²) in [6, 6.07) is 0. The van der Waals surface area contributed by atoms with Gasteiger partial charge in [0.1, 0.15) is 6.17 Å². The van der Waals surface area contributed by atoms with E-state index < -0.39 is 18.2 Å². The molecule has 0 aromatic heterocycles. The number of hydrogen-bond donors (Lipinski definition) is 0. The average Bonchev–Trinajstić information content (AvgIpc) is 2.89. The Morgan fingerprint density at radius 2 is 2.00 bits per heavy atom. The first-order valence-corrected chi connectivity index (χ1v) is 4.81. The number of ether oxygens (including phenoxy) is 1. The number of likely N-dealkylation sites (tertiary alicyclic amines) is 1. The maximum absolute atomic E-state index is 12.7. The van der Waals surface area contributed by atoms with Crippen LogP contribution in [0.3, 0.4) is 0 Å². The second kappa shape index (κ2) is 3.55. The third-order valence-corrected chi connectivity index (χ3v) is 2.49. The molecule has 4 nitrogen and oxygen atoms in total. The van der Waals surface area contributed by atoms with Crippen LogP contribution in [0.25, 0.3) is 0 Å². The SMILES string of the molecule is O=C(OC(=O)N1CCC(F)C1)C1CC1. The Morgan fingerprint density at radius 3 is 2.50 bits per heavy atom. The highest BCUT2D eigenvalue weighted by molar-refractivity contribution is 5.87. The van der Waals surface area contributed by atoms with Crippen molar-refractivity contribution < 1.29 is 18.7 Å². The molecule has 1 saturated carbocycles. The summed E-state index contributed by atoms with van der Waals surface area (Å²) in [5.74, 6) is -0.556. The smallest absolute Gasteiger partial charge is 0.376 e. The first-order chi connectivity index (χ1) is 6.66. The number of halogens is 1. The summed E-state index contributed by atoms with van der Waals surface area (Å²) in [4.78, 5) is 23.6. The number of rotatable bonds is 1. The molecule has 5 heteroatoms. The third-order valence-electron chi connectivity index (χ3n) is 2.49. The summed E-state index contributed by atoms with van der Waals surface area (Å²) < 4.78 is 17.3. The van der Waals surface area contributed by atoms with Gasteiger partial charge in [-0.15, -0.1) is 0 Å². The van der Waals surface area contributed by atoms with Crippen molar-refractivity contribution in [3.63, 3.8) is 0 Å². The Bertz CT molecular complexity index is 265.